The van der Waals surface area contributed by atoms with Gasteiger partial charge in [0.05, 0.1) is 6.10 Å². The van der Waals surface area contributed by atoms with Crippen molar-refractivity contribution in [1.82, 2.24) is 0 Å². The SMILES string of the molecule is Cc1ccc(C(O)C(C)N)c(O)c1O. The molecule has 0 amide bonds. The van der Waals surface area contributed by atoms with E-state index in [4.69, 9.17) is 5.73 Å². The Bertz CT molecular complexity index is 336. The molecular weight excluding hydrogens is 182 g/mol. The Kier molecular flexibility index (Phi) is 2.98. The van der Waals surface area contributed by atoms with Crippen LogP contribution < -0.4 is 5.73 Å². The van der Waals surface area contributed by atoms with Crippen molar-refractivity contribution in [2.75, 3.05) is 0 Å². The summed E-state index contributed by atoms with van der Waals surface area (Å²) in [4.78, 5) is 0. The topological polar surface area (TPSA) is 86.7 Å². The highest BCUT2D eigenvalue weighted by molar-refractivity contribution is 5.50. The predicted octanol–water partition coefficient (Wildman–Crippen LogP) is 0.787. The maximum atomic E-state index is 9.60. The summed E-state index contributed by atoms with van der Waals surface area (Å²) >= 11 is 0. The number of aryl methyl sites for hydroxylation is 1. The Hall–Kier alpha value is -1.26. The summed E-state index contributed by atoms with van der Waals surface area (Å²) < 4.78 is 0. The van der Waals surface area contributed by atoms with Crippen molar-refractivity contribution in [3.63, 3.8) is 0 Å². The second kappa shape index (κ2) is 3.86. The third kappa shape index (κ3) is 1.81. The summed E-state index contributed by atoms with van der Waals surface area (Å²) in [5.41, 5.74) is 6.29. The van der Waals surface area contributed by atoms with Gasteiger partial charge in [-0.05, 0) is 19.4 Å². The van der Waals surface area contributed by atoms with Crippen molar-refractivity contribution in [3.8, 4) is 11.5 Å². The first-order chi connectivity index (χ1) is 6.45. The number of aliphatic hydroxyl groups excluding tert-OH is 1. The molecule has 0 bridgehead atoms. The van der Waals surface area contributed by atoms with Crippen LogP contribution in [-0.4, -0.2) is 21.4 Å². The average molecular weight is 197 g/mol. The van der Waals surface area contributed by atoms with Gasteiger partial charge in [-0.2, -0.15) is 0 Å². The van der Waals surface area contributed by atoms with Crippen molar-refractivity contribution in [2.24, 2.45) is 5.73 Å². The number of hydrogen-bond donors (Lipinski definition) is 4. The van der Waals surface area contributed by atoms with Crippen LogP contribution in [0, 0.1) is 6.92 Å². The Balaban J connectivity index is 3.17. The molecule has 0 spiro atoms. The zero-order valence-corrected chi connectivity index (χ0v) is 8.23. The lowest BCUT2D eigenvalue weighted by Gasteiger charge is -2.17. The Morgan fingerprint density at radius 2 is 1.79 bits per heavy atom. The van der Waals surface area contributed by atoms with E-state index in [9.17, 15) is 15.3 Å². The monoisotopic (exact) mass is 197 g/mol. The summed E-state index contributed by atoms with van der Waals surface area (Å²) in [6.07, 6.45) is -0.971. The molecule has 1 aromatic rings. The van der Waals surface area contributed by atoms with E-state index in [0.717, 1.165) is 0 Å². The standard InChI is InChI=1S/C10H15NO3/c1-5-3-4-7(9(13)6(2)11)10(14)8(5)12/h3-4,6,9,12-14H,11H2,1-2H3. The molecule has 0 aliphatic heterocycles. The molecule has 1 rings (SSSR count). The normalized spacial score (nSPS) is 15.1. The minimum atomic E-state index is -0.971. The van der Waals surface area contributed by atoms with Gasteiger partial charge in [-0.1, -0.05) is 12.1 Å². The lowest BCUT2D eigenvalue weighted by Crippen LogP contribution is -2.24. The summed E-state index contributed by atoms with van der Waals surface area (Å²) in [6, 6.07) is 2.68. The van der Waals surface area contributed by atoms with E-state index in [2.05, 4.69) is 0 Å². The molecule has 2 unspecified atom stereocenters. The van der Waals surface area contributed by atoms with Crippen LogP contribution in [0.4, 0.5) is 0 Å². The van der Waals surface area contributed by atoms with Crippen LogP contribution >= 0.6 is 0 Å². The largest absolute Gasteiger partial charge is 0.504 e. The van der Waals surface area contributed by atoms with Gasteiger partial charge in [-0.15, -0.1) is 0 Å². The number of phenolic OH excluding ortho intramolecular Hbond substituents is 2. The average Bonchev–Trinajstić information content (AvgIpc) is 2.13. The van der Waals surface area contributed by atoms with Crippen LogP contribution in [0.2, 0.25) is 0 Å². The van der Waals surface area contributed by atoms with E-state index in [1.807, 2.05) is 0 Å². The molecule has 0 saturated heterocycles. The fourth-order valence-electron chi connectivity index (χ4n) is 1.22. The Morgan fingerprint density at radius 3 is 2.29 bits per heavy atom. The smallest absolute Gasteiger partial charge is 0.163 e. The van der Waals surface area contributed by atoms with Gasteiger partial charge in [0.2, 0.25) is 0 Å². The van der Waals surface area contributed by atoms with E-state index < -0.39 is 12.1 Å². The first kappa shape index (κ1) is 10.8. The molecule has 0 saturated carbocycles. The lowest BCUT2D eigenvalue weighted by molar-refractivity contribution is 0.149. The molecule has 78 valence electrons. The highest BCUT2D eigenvalue weighted by Crippen LogP contribution is 2.36. The molecule has 0 aliphatic rings. The van der Waals surface area contributed by atoms with E-state index in [0.29, 0.717) is 5.56 Å². The number of aromatic hydroxyl groups is 2. The molecular formula is C10H15NO3. The highest BCUT2D eigenvalue weighted by Gasteiger charge is 2.19. The number of aliphatic hydroxyl groups is 1. The van der Waals surface area contributed by atoms with Crippen molar-refractivity contribution < 1.29 is 15.3 Å². The number of benzene rings is 1. The first-order valence-electron chi connectivity index (χ1n) is 4.40. The second-order valence-electron chi connectivity index (χ2n) is 3.47. The zero-order valence-electron chi connectivity index (χ0n) is 8.23. The van der Waals surface area contributed by atoms with Gasteiger partial charge in [0, 0.05) is 11.6 Å². The number of hydrogen-bond acceptors (Lipinski definition) is 4. The molecule has 2 atom stereocenters. The summed E-state index contributed by atoms with van der Waals surface area (Å²) in [5.74, 6) is -0.503. The van der Waals surface area contributed by atoms with Gasteiger partial charge < -0.3 is 21.1 Å². The molecule has 14 heavy (non-hydrogen) atoms. The quantitative estimate of drug-likeness (QED) is 0.528. The van der Waals surface area contributed by atoms with E-state index in [1.54, 1.807) is 26.0 Å². The Morgan fingerprint density at radius 1 is 1.21 bits per heavy atom. The summed E-state index contributed by atoms with van der Waals surface area (Å²) in [6.45, 7) is 3.29. The third-order valence-corrected chi connectivity index (χ3v) is 2.20. The lowest BCUT2D eigenvalue weighted by atomic mass is 10.0. The fraction of sp³-hybridized carbons (Fsp3) is 0.400. The minimum absolute atomic E-state index is 0.206. The molecule has 4 heteroatoms. The van der Waals surface area contributed by atoms with Crippen molar-refractivity contribution >= 4 is 0 Å². The molecule has 1 aromatic carbocycles. The van der Waals surface area contributed by atoms with Gasteiger partial charge in [0.15, 0.2) is 11.5 Å². The molecule has 4 nitrogen and oxygen atoms in total. The zero-order chi connectivity index (χ0) is 10.9. The minimum Gasteiger partial charge on any atom is -0.504 e. The highest BCUT2D eigenvalue weighted by atomic mass is 16.3. The van der Waals surface area contributed by atoms with Crippen LogP contribution in [0.3, 0.4) is 0 Å². The van der Waals surface area contributed by atoms with Crippen LogP contribution in [-0.2, 0) is 0 Å². The number of nitrogens with two attached hydrogens (primary N) is 1. The van der Waals surface area contributed by atoms with Crippen molar-refractivity contribution in [2.45, 2.75) is 26.0 Å². The van der Waals surface area contributed by atoms with E-state index in [1.165, 1.54) is 0 Å². The summed E-state index contributed by atoms with van der Waals surface area (Å²) in [5, 5.41) is 28.5. The maximum absolute atomic E-state index is 9.60. The van der Waals surface area contributed by atoms with Gasteiger partial charge in [0.25, 0.3) is 0 Å². The summed E-state index contributed by atoms with van der Waals surface area (Å²) in [7, 11) is 0. The maximum Gasteiger partial charge on any atom is 0.163 e. The molecule has 0 aromatic heterocycles. The van der Waals surface area contributed by atoms with Crippen molar-refractivity contribution in [1.29, 1.82) is 0 Å². The molecule has 0 heterocycles. The number of phenols is 2. The van der Waals surface area contributed by atoms with E-state index >= 15 is 0 Å². The molecule has 0 aliphatic carbocycles. The van der Waals surface area contributed by atoms with E-state index in [-0.39, 0.29) is 17.1 Å². The van der Waals surface area contributed by atoms with Crippen LogP contribution in [0.1, 0.15) is 24.2 Å². The fourth-order valence-corrected chi connectivity index (χ4v) is 1.22. The molecule has 5 N–H and O–H groups in total. The molecule has 0 fully saturated rings. The van der Waals surface area contributed by atoms with Crippen LogP contribution in [0.25, 0.3) is 0 Å². The van der Waals surface area contributed by atoms with Gasteiger partial charge in [-0.3, -0.25) is 0 Å². The van der Waals surface area contributed by atoms with Crippen LogP contribution in [0.5, 0.6) is 11.5 Å². The first-order valence-corrected chi connectivity index (χ1v) is 4.40. The van der Waals surface area contributed by atoms with Crippen molar-refractivity contribution in [3.05, 3.63) is 23.3 Å². The second-order valence-corrected chi connectivity index (χ2v) is 3.47. The predicted molar refractivity (Wildman–Crippen MR) is 53.1 cm³/mol. The Labute approximate surface area is 82.6 Å². The van der Waals surface area contributed by atoms with Gasteiger partial charge in [0.1, 0.15) is 0 Å². The van der Waals surface area contributed by atoms with Gasteiger partial charge >= 0.3 is 0 Å². The van der Waals surface area contributed by atoms with Gasteiger partial charge in [-0.25, -0.2) is 0 Å². The molecule has 0 radical (unpaired) electrons. The number of rotatable bonds is 2. The van der Waals surface area contributed by atoms with Crippen LogP contribution in [0.15, 0.2) is 12.1 Å². The third-order valence-electron chi connectivity index (χ3n) is 2.20.